The maximum Gasteiger partial charge on any atom is 0.137 e. The minimum atomic E-state index is -1.16. The summed E-state index contributed by atoms with van der Waals surface area (Å²) in [4.78, 5) is 0. The molecule has 3 N–H and O–H groups in total. The lowest BCUT2D eigenvalue weighted by atomic mass is 9.92. The molecule has 1 aliphatic rings. The van der Waals surface area contributed by atoms with E-state index in [1.807, 2.05) is 30.3 Å². The Hall–Kier alpha value is -1.12. The first-order valence-corrected chi connectivity index (χ1v) is 3.96. The first-order valence-electron chi connectivity index (χ1n) is 3.96. The predicted octanol–water partition coefficient (Wildman–Crippen LogP) is 0.903. The van der Waals surface area contributed by atoms with Crippen molar-refractivity contribution in [3.05, 3.63) is 41.5 Å². The fourth-order valence-electron chi connectivity index (χ4n) is 1.46. The normalized spacial score (nSPS) is 26.8. The molecule has 62 valence electrons. The van der Waals surface area contributed by atoms with Crippen molar-refractivity contribution < 1.29 is 5.11 Å². The van der Waals surface area contributed by atoms with Gasteiger partial charge in [-0.2, -0.15) is 0 Å². The summed E-state index contributed by atoms with van der Waals surface area (Å²) in [5.41, 5.74) is 6.65. The topological polar surface area (TPSA) is 46.2 Å². The van der Waals surface area contributed by atoms with Crippen molar-refractivity contribution in [1.29, 1.82) is 0 Å². The highest BCUT2D eigenvalue weighted by Crippen LogP contribution is 2.21. The molecule has 0 amide bonds. The number of rotatable bonds is 0. The van der Waals surface area contributed by atoms with Crippen LogP contribution >= 0.6 is 0 Å². The molecule has 0 bridgehead atoms. The number of benzene rings is 1. The standard InChI is InChI=1S/C10H11NO/c11-10(12)6-5-8-3-1-2-4-9(8)7-10/h1-6,12H,7,11H2. The molecule has 1 aliphatic carbocycles. The molecule has 0 aromatic heterocycles. The summed E-state index contributed by atoms with van der Waals surface area (Å²) in [6, 6.07) is 7.93. The average Bonchev–Trinajstić information content (AvgIpc) is 2.02. The Labute approximate surface area is 71.3 Å². The Morgan fingerprint density at radius 2 is 2.08 bits per heavy atom. The van der Waals surface area contributed by atoms with Crippen LogP contribution in [0, 0.1) is 0 Å². The third-order valence-corrected chi connectivity index (χ3v) is 2.08. The molecule has 0 spiro atoms. The van der Waals surface area contributed by atoms with E-state index in [-0.39, 0.29) is 0 Å². The van der Waals surface area contributed by atoms with Crippen molar-refractivity contribution in [2.45, 2.75) is 12.1 Å². The minimum Gasteiger partial charge on any atom is -0.372 e. The molecule has 0 aliphatic heterocycles. The summed E-state index contributed by atoms with van der Waals surface area (Å²) in [7, 11) is 0. The van der Waals surface area contributed by atoms with Gasteiger partial charge in [0.05, 0.1) is 0 Å². The summed E-state index contributed by atoms with van der Waals surface area (Å²) in [5.74, 6) is 0. The molecular weight excluding hydrogens is 150 g/mol. The van der Waals surface area contributed by atoms with Crippen molar-refractivity contribution >= 4 is 6.08 Å². The molecule has 2 heteroatoms. The molecule has 1 aromatic carbocycles. The van der Waals surface area contributed by atoms with Crippen molar-refractivity contribution in [3.63, 3.8) is 0 Å². The van der Waals surface area contributed by atoms with Crippen molar-refractivity contribution in [3.8, 4) is 0 Å². The number of hydrogen-bond donors (Lipinski definition) is 2. The molecule has 1 atom stereocenters. The van der Waals surface area contributed by atoms with E-state index in [0.29, 0.717) is 6.42 Å². The SMILES string of the molecule is NC1(O)C=Cc2ccccc2C1. The van der Waals surface area contributed by atoms with Crippen LogP contribution in [-0.2, 0) is 6.42 Å². The quantitative estimate of drug-likeness (QED) is 0.555. The van der Waals surface area contributed by atoms with E-state index >= 15 is 0 Å². The molecule has 1 unspecified atom stereocenters. The van der Waals surface area contributed by atoms with Crippen LogP contribution in [0.4, 0.5) is 0 Å². The first-order chi connectivity index (χ1) is 5.67. The number of hydrogen-bond acceptors (Lipinski definition) is 2. The van der Waals surface area contributed by atoms with Crippen molar-refractivity contribution in [2.75, 3.05) is 0 Å². The maximum absolute atomic E-state index is 9.51. The smallest absolute Gasteiger partial charge is 0.137 e. The zero-order chi connectivity index (χ0) is 8.60. The fourth-order valence-corrected chi connectivity index (χ4v) is 1.46. The fraction of sp³-hybridized carbons (Fsp3) is 0.200. The number of aliphatic hydroxyl groups is 1. The summed E-state index contributed by atoms with van der Waals surface area (Å²) >= 11 is 0. The molecule has 0 heterocycles. The Bertz CT molecular complexity index is 328. The van der Waals surface area contributed by atoms with E-state index in [9.17, 15) is 5.11 Å². The Kier molecular flexibility index (Phi) is 1.53. The second kappa shape index (κ2) is 2.44. The van der Waals surface area contributed by atoms with Gasteiger partial charge in [-0.25, -0.2) is 0 Å². The van der Waals surface area contributed by atoms with Crippen LogP contribution in [0.25, 0.3) is 6.08 Å². The third kappa shape index (κ3) is 1.26. The molecule has 12 heavy (non-hydrogen) atoms. The Morgan fingerprint density at radius 3 is 2.92 bits per heavy atom. The van der Waals surface area contributed by atoms with Crippen LogP contribution in [0.5, 0.6) is 0 Å². The van der Waals surface area contributed by atoms with Gasteiger partial charge in [-0.05, 0) is 17.2 Å². The summed E-state index contributed by atoms with van der Waals surface area (Å²) in [6.45, 7) is 0. The zero-order valence-corrected chi connectivity index (χ0v) is 6.70. The van der Waals surface area contributed by atoms with Crippen LogP contribution in [0.2, 0.25) is 0 Å². The van der Waals surface area contributed by atoms with Crippen LogP contribution in [-0.4, -0.2) is 10.8 Å². The molecule has 2 nitrogen and oxygen atoms in total. The first kappa shape index (κ1) is 7.53. The van der Waals surface area contributed by atoms with Gasteiger partial charge in [-0.1, -0.05) is 30.3 Å². The van der Waals surface area contributed by atoms with Crippen LogP contribution < -0.4 is 5.73 Å². The highest BCUT2D eigenvalue weighted by atomic mass is 16.3. The van der Waals surface area contributed by atoms with Gasteiger partial charge in [0.25, 0.3) is 0 Å². The summed E-state index contributed by atoms with van der Waals surface area (Å²) in [5, 5.41) is 9.51. The lowest BCUT2D eigenvalue weighted by Crippen LogP contribution is -2.40. The van der Waals surface area contributed by atoms with Gasteiger partial charge in [0.2, 0.25) is 0 Å². The average molecular weight is 161 g/mol. The Morgan fingerprint density at radius 1 is 1.33 bits per heavy atom. The molecule has 0 fully saturated rings. The van der Waals surface area contributed by atoms with Gasteiger partial charge in [-0.15, -0.1) is 0 Å². The maximum atomic E-state index is 9.51. The third-order valence-electron chi connectivity index (χ3n) is 2.08. The molecule has 0 saturated heterocycles. The summed E-state index contributed by atoms with van der Waals surface area (Å²) < 4.78 is 0. The van der Waals surface area contributed by atoms with Gasteiger partial charge < -0.3 is 10.8 Å². The van der Waals surface area contributed by atoms with Gasteiger partial charge in [0.1, 0.15) is 5.72 Å². The summed E-state index contributed by atoms with van der Waals surface area (Å²) in [6.07, 6.45) is 3.99. The number of nitrogens with two attached hydrogens (primary N) is 1. The van der Waals surface area contributed by atoms with Crippen LogP contribution in [0.1, 0.15) is 11.1 Å². The van der Waals surface area contributed by atoms with E-state index in [0.717, 1.165) is 11.1 Å². The van der Waals surface area contributed by atoms with Crippen LogP contribution in [0.3, 0.4) is 0 Å². The largest absolute Gasteiger partial charge is 0.372 e. The Balaban J connectivity index is 2.46. The van der Waals surface area contributed by atoms with Crippen LogP contribution in [0.15, 0.2) is 30.3 Å². The van der Waals surface area contributed by atoms with E-state index in [1.54, 1.807) is 6.08 Å². The van der Waals surface area contributed by atoms with Gasteiger partial charge in [-0.3, -0.25) is 0 Å². The molecule has 2 rings (SSSR count). The van der Waals surface area contributed by atoms with Gasteiger partial charge in [0, 0.05) is 6.42 Å². The van der Waals surface area contributed by atoms with E-state index < -0.39 is 5.72 Å². The predicted molar refractivity (Wildman–Crippen MR) is 48.3 cm³/mol. The monoisotopic (exact) mass is 161 g/mol. The molecular formula is C10H11NO. The van der Waals surface area contributed by atoms with Gasteiger partial charge >= 0.3 is 0 Å². The molecule has 0 radical (unpaired) electrons. The molecule has 0 saturated carbocycles. The minimum absolute atomic E-state index is 0.500. The second-order valence-corrected chi connectivity index (χ2v) is 3.20. The van der Waals surface area contributed by atoms with Crippen molar-refractivity contribution in [1.82, 2.24) is 0 Å². The zero-order valence-electron chi connectivity index (χ0n) is 6.70. The van der Waals surface area contributed by atoms with E-state index in [4.69, 9.17) is 5.73 Å². The second-order valence-electron chi connectivity index (χ2n) is 3.20. The highest BCUT2D eigenvalue weighted by Gasteiger charge is 2.22. The lowest BCUT2D eigenvalue weighted by molar-refractivity contribution is 0.0983. The number of fused-ring (bicyclic) bond motifs is 1. The van der Waals surface area contributed by atoms with E-state index in [1.165, 1.54) is 0 Å². The van der Waals surface area contributed by atoms with Crippen molar-refractivity contribution in [2.24, 2.45) is 5.73 Å². The van der Waals surface area contributed by atoms with E-state index in [2.05, 4.69) is 0 Å². The lowest BCUT2D eigenvalue weighted by Gasteiger charge is -2.24. The van der Waals surface area contributed by atoms with Gasteiger partial charge in [0.15, 0.2) is 0 Å². The highest BCUT2D eigenvalue weighted by molar-refractivity contribution is 5.58. The molecule has 1 aromatic rings.